The van der Waals surface area contributed by atoms with Crippen molar-refractivity contribution in [2.24, 2.45) is 0 Å². The van der Waals surface area contributed by atoms with Crippen LogP contribution < -0.4 is 5.32 Å². The first-order chi connectivity index (χ1) is 12.4. The standard InChI is InChI=1S/C20H21FN2O3/c1-13-6-8-15(9-7-13)18-5-3-4-16(10-19(18)21)23-12-17(26-20(23)25)11-22-14(2)24/h3-4,6-10,17H,5,11-12H2,1-2H3,(H,22,24). The summed E-state index contributed by atoms with van der Waals surface area (Å²) in [5.74, 6) is -0.559. The van der Waals surface area contributed by atoms with E-state index in [1.165, 1.54) is 17.9 Å². The number of nitrogens with zero attached hydrogens (tertiary/aromatic N) is 1. The third kappa shape index (κ3) is 4.02. The maximum Gasteiger partial charge on any atom is 0.414 e. The molecule has 0 spiro atoms. The molecule has 1 fully saturated rings. The molecule has 1 heterocycles. The quantitative estimate of drug-likeness (QED) is 0.899. The molecule has 1 unspecified atom stereocenters. The molecule has 1 aromatic rings. The van der Waals surface area contributed by atoms with Crippen LogP contribution in [0.15, 0.2) is 54.0 Å². The van der Waals surface area contributed by atoms with Crippen LogP contribution in [0.25, 0.3) is 5.57 Å². The third-order valence-corrected chi connectivity index (χ3v) is 4.34. The number of carbonyl (C=O) groups excluding carboxylic acids is 2. The summed E-state index contributed by atoms with van der Waals surface area (Å²) in [4.78, 5) is 24.5. The van der Waals surface area contributed by atoms with Gasteiger partial charge >= 0.3 is 6.09 Å². The van der Waals surface area contributed by atoms with Crippen LogP contribution in [0.3, 0.4) is 0 Å². The van der Waals surface area contributed by atoms with Gasteiger partial charge in [-0.05, 0) is 36.6 Å². The molecule has 2 amide bonds. The number of rotatable bonds is 4. The van der Waals surface area contributed by atoms with Gasteiger partial charge in [-0.3, -0.25) is 9.69 Å². The van der Waals surface area contributed by atoms with Crippen LogP contribution in [0.5, 0.6) is 0 Å². The van der Waals surface area contributed by atoms with Gasteiger partial charge < -0.3 is 10.1 Å². The predicted octanol–water partition coefficient (Wildman–Crippen LogP) is 3.48. The molecule has 3 rings (SSSR count). The third-order valence-electron chi connectivity index (χ3n) is 4.34. The second-order valence-electron chi connectivity index (χ2n) is 6.42. The minimum Gasteiger partial charge on any atom is -0.442 e. The van der Waals surface area contributed by atoms with E-state index < -0.39 is 12.2 Å². The van der Waals surface area contributed by atoms with Gasteiger partial charge in [0, 0.05) is 12.6 Å². The minimum absolute atomic E-state index is 0.190. The summed E-state index contributed by atoms with van der Waals surface area (Å²) in [6.07, 6.45) is 4.37. The lowest BCUT2D eigenvalue weighted by Gasteiger charge is -2.13. The number of hydrogen-bond donors (Lipinski definition) is 1. The highest BCUT2D eigenvalue weighted by atomic mass is 19.1. The van der Waals surface area contributed by atoms with Gasteiger partial charge in [0.1, 0.15) is 11.9 Å². The van der Waals surface area contributed by atoms with Gasteiger partial charge in [-0.1, -0.05) is 35.9 Å². The van der Waals surface area contributed by atoms with E-state index in [1.54, 1.807) is 6.08 Å². The highest BCUT2D eigenvalue weighted by molar-refractivity contribution is 5.76. The normalized spacial score (nSPS) is 20.0. The fourth-order valence-corrected chi connectivity index (χ4v) is 2.93. The van der Waals surface area contributed by atoms with E-state index in [0.29, 0.717) is 17.7 Å². The summed E-state index contributed by atoms with van der Waals surface area (Å²) in [6.45, 7) is 3.89. The largest absolute Gasteiger partial charge is 0.442 e. The molecule has 26 heavy (non-hydrogen) atoms. The number of allylic oxidation sites excluding steroid dienone is 5. The van der Waals surface area contributed by atoms with Crippen molar-refractivity contribution in [3.8, 4) is 0 Å². The number of halogens is 1. The van der Waals surface area contributed by atoms with Gasteiger partial charge in [-0.25, -0.2) is 9.18 Å². The number of aryl methyl sites for hydroxylation is 1. The van der Waals surface area contributed by atoms with Gasteiger partial charge in [-0.15, -0.1) is 0 Å². The van der Waals surface area contributed by atoms with Crippen molar-refractivity contribution >= 4 is 17.6 Å². The molecule has 1 aromatic carbocycles. The SMILES string of the molecule is CC(=O)NCC1CN(C2=CC(F)=C(c3ccc(C)cc3)CC=C2)C(=O)O1. The highest BCUT2D eigenvalue weighted by Gasteiger charge is 2.33. The van der Waals surface area contributed by atoms with Crippen molar-refractivity contribution in [3.05, 3.63) is 65.1 Å². The average Bonchev–Trinajstić information content (AvgIpc) is 2.86. The number of benzene rings is 1. The molecule has 0 saturated carbocycles. The first-order valence-corrected chi connectivity index (χ1v) is 8.50. The summed E-state index contributed by atoms with van der Waals surface area (Å²) in [5, 5.41) is 2.62. The topological polar surface area (TPSA) is 58.6 Å². The second-order valence-corrected chi connectivity index (χ2v) is 6.42. The molecule has 1 saturated heterocycles. The molecule has 0 bridgehead atoms. The molecular formula is C20H21FN2O3. The average molecular weight is 356 g/mol. The molecule has 5 nitrogen and oxygen atoms in total. The van der Waals surface area contributed by atoms with E-state index >= 15 is 0 Å². The lowest BCUT2D eigenvalue weighted by Crippen LogP contribution is -2.33. The van der Waals surface area contributed by atoms with Crippen molar-refractivity contribution in [2.75, 3.05) is 13.1 Å². The summed E-state index contributed by atoms with van der Waals surface area (Å²) >= 11 is 0. The van der Waals surface area contributed by atoms with Crippen LogP contribution in [-0.2, 0) is 9.53 Å². The van der Waals surface area contributed by atoms with Gasteiger partial charge in [0.05, 0.1) is 13.1 Å². The lowest BCUT2D eigenvalue weighted by molar-refractivity contribution is -0.119. The van der Waals surface area contributed by atoms with Crippen molar-refractivity contribution < 1.29 is 18.7 Å². The Kier molecular flexibility index (Phi) is 5.21. The molecule has 0 radical (unpaired) electrons. The van der Waals surface area contributed by atoms with Gasteiger partial charge in [0.15, 0.2) is 0 Å². The number of amides is 2. The zero-order valence-electron chi connectivity index (χ0n) is 14.8. The highest BCUT2D eigenvalue weighted by Crippen LogP contribution is 2.30. The summed E-state index contributed by atoms with van der Waals surface area (Å²) in [7, 11) is 0. The van der Waals surface area contributed by atoms with Crippen molar-refractivity contribution in [3.63, 3.8) is 0 Å². The second kappa shape index (κ2) is 7.56. The van der Waals surface area contributed by atoms with Crippen LogP contribution >= 0.6 is 0 Å². The molecule has 2 aliphatic rings. The van der Waals surface area contributed by atoms with Crippen molar-refractivity contribution in [2.45, 2.75) is 26.4 Å². The van der Waals surface area contributed by atoms with E-state index in [-0.39, 0.29) is 24.8 Å². The van der Waals surface area contributed by atoms with Gasteiger partial charge in [0.25, 0.3) is 0 Å². The Bertz CT molecular complexity index is 809. The van der Waals surface area contributed by atoms with E-state index in [0.717, 1.165) is 11.1 Å². The van der Waals surface area contributed by atoms with E-state index in [2.05, 4.69) is 5.32 Å². The molecule has 0 aromatic heterocycles. The van der Waals surface area contributed by atoms with E-state index in [1.807, 2.05) is 37.3 Å². The molecule has 1 atom stereocenters. The Morgan fingerprint density at radius 3 is 2.77 bits per heavy atom. The van der Waals surface area contributed by atoms with Crippen LogP contribution in [0, 0.1) is 6.92 Å². The monoisotopic (exact) mass is 356 g/mol. The Hall–Kier alpha value is -2.89. The number of ether oxygens (including phenoxy) is 1. The van der Waals surface area contributed by atoms with Gasteiger partial charge in [-0.2, -0.15) is 0 Å². The Labute approximate surface area is 151 Å². The Morgan fingerprint density at radius 2 is 2.08 bits per heavy atom. The predicted molar refractivity (Wildman–Crippen MR) is 96.7 cm³/mol. The fraction of sp³-hybridized carbons (Fsp3) is 0.300. The molecular weight excluding hydrogens is 335 g/mol. The molecule has 1 N–H and O–H groups in total. The molecule has 1 aliphatic carbocycles. The lowest BCUT2D eigenvalue weighted by atomic mass is 10.0. The number of nitrogens with one attached hydrogen (secondary N) is 1. The Morgan fingerprint density at radius 1 is 1.35 bits per heavy atom. The van der Waals surface area contributed by atoms with E-state index in [9.17, 15) is 14.0 Å². The first-order valence-electron chi connectivity index (χ1n) is 8.50. The van der Waals surface area contributed by atoms with Crippen LogP contribution in [0.1, 0.15) is 24.5 Å². The fourth-order valence-electron chi connectivity index (χ4n) is 2.93. The smallest absolute Gasteiger partial charge is 0.414 e. The van der Waals surface area contributed by atoms with Gasteiger partial charge in [0.2, 0.25) is 5.91 Å². The zero-order valence-corrected chi connectivity index (χ0v) is 14.8. The Balaban J connectivity index is 1.80. The maximum atomic E-state index is 14.8. The summed E-state index contributed by atoms with van der Waals surface area (Å²) in [5.41, 5.74) is 2.96. The molecule has 1 aliphatic heterocycles. The number of carbonyl (C=O) groups is 2. The summed E-state index contributed by atoms with van der Waals surface area (Å²) in [6, 6.07) is 7.67. The molecule has 136 valence electrons. The van der Waals surface area contributed by atoms with Crippen molar-refractivity contribution in [1.82, 2.24) is 10.2 Å². The summed E-state index contributed by atoms with van der Waals surface area (Å²) < 4.78 is 20.0. The zero-order chi connectivity index (χ0) is 18.7. The minimum atomic E-state index is -0.539. The number of cyclic esters (lactones) is 1. The number of hydrogen-bond acceptors (Lipinski definition) is 3. The molecule has 6 heteroatoms. The van der Waals surface area contributed by atoms with Crippen LogP contribution in [-0.4, -0.2) is 36.1 Å². The van der Waals surface area contributed by atoms with Crippen LogP contribution in [0.4, 0.5) is 9.18 Å². The van der Waals surface area contributed by atoms with Crippen LogP contribution in [0.2, 0.25) is 0 Å². The van der Waals surface area contributed by atoms with E-state index in [4.69, 9.17) is 4.74 Å². The maximum absolute atomic E-state index is 14.8. The first kappa shape index (κ1) is 17.9. The van der Waals surface area contributed by atoms with Crippen molar-refractivity contribution in [1.29, 1.82) is 0 Å².